The van der Waals surface area contributed by atoms with Crippen molar-refractivity contribution in [2.24, 2.45) is 5.73 Å². The summed E-state index contributed by atoms with van der Waals surface area (Å²) in [6.07, 6.45) is 6.89. The lowest BCUT2D eigenvalue weighted by molar-refractivity contribution is 0.644. The Kier molecular flexibility index (Phi) is 3.36. The van der Waals surface area contributed by atoms with Gasteiger partial charge in [-0.3, -0.25) is 0 Å². The highest BCUT2D eigenvalue weighted by Gasteiger charge is 1.89. The van der Waals surface area contributed by atoms with Gasteiger partial charge in [0.05, 0.1) is 0 Å². The molecule has 62 valence electrons. The zero-order chi connectivity index (χ0) is 8.81. The van der Waals surface area contributed by atoms with Gasteiger partial charge < -0.3 is 10.3 Å². The second-order valence-corrected chi connectivity index (χ2v) is 2.59. The highest BCUT2D eigenvalue weighted by atomic mass is 31.1. The third-order valence-corrected chi connectivity index (χ3v) is 1.68. The molecule has 1 aromatic carbocycles. The van der Waals surface area contributed by atoms with E-state index in [1.165, 1.54) is 6.20 Å². The summed E-state index contributed by atoms with van der Waals surface area (Å²) in [5.41, 5.74) is 6.29. The monoisotopic (exact) mass is 179 g/mol. The molecule has 0 spiro atoms. The molecule has 2 N–H and O–H groups in total. The normalized spacial score (nSPS) is 10.7. The maximum atomic E-state index is 5.23. The van der Waals surface area contributed by atoms with Gasteiger partial charge in [0.2, 0.25) is 0 Å². The summed E-state index contributed by atoms with van der Waals surface area (Å²) in [5.74, 6) is 0.820. The van der Waals surface area contributed by atoms with Gasteiger partial charge in [-0.15, -0.1) is 0 Å². The van der Waals surface area contributed by atoms with E-state index in [-0.39, 0.29) is 0 Å². The van der Waals surface area contributed by atoms with Crippen molar-refractivity contribution in [2.75, 3.05) is 0 Å². The maximum Gasteiger partial charge on any atom is 0.131 e. The van der Waals surface area contributed by atoms with E-state index in [0.29, 0.717) is 8.43 Å². The third kappa shape index (κ3) is 2.40. The van der Waals surface area contributed by atoms with Gasteiger partial charge in [0.25, 0.3) is 0 Å². The Morgan fingerprint density at radius 2 is 2.00 bits per heavy atom. The Labute approximate surface area is 73.5 Å². The van der Waals surface area contributed by atoms with Crippen molar-refractivity contribution in [3.63, 3.8) is 0 Å². The summed E-state index contributed by atoms with van der Waals surface area (Å²) in [4.78, 5) is 0. The Morgan fingerprint density at radius 3 is 2.50 bits per heavy atom. The van der Waals surface area contributed by atoms with E-state index in [2.05, 4.69) is 6.30 Å². The number of nitrogens with two attached hydrogens (primary N) is 1. The minimum absolute atomic E-state index is 0.661. The second-order valence-electron chi connectivity index (χ2n) is 2.15. The highest BCUT2D eigenvalue weighted by molar-refractivity contribution is 7.31. The van der Waals surface area contributed by atoms with Gasteiger partial charge in [0.15, 0.2) is 0 Å². The first kappa shape index (κ1) is 8.82. The average Bonchev–Trinajstić information content (AvgIpc) is 2.09. The molecule has 0 fully saturated rings. The first-order valence-electron chi connectivity index (χ1n) is 3.48. The predicted molar refractivity (Wildman–Crippen MR) is 54.3 cm³/mol. The molecule has 0 aliphatic carbocycles. The molecule has 2 nitrogen and oxygen atoms in total. The lowest BCUT2D eigenvalue weighted by Crippen LogP contribution is -1.78. The minimum Gasteiger partial charge on any atom is -0.440 e. The van der Waals surface area contributed by atoms with Gasteiger partial charge >= 0.3 is 0 Å². The van der Waals surface area contributed by atoms with Crippen molar-refractivity contribution in [3.8, 4) is 5.75 Å². The predicted octanol–water partition coefficient (Wildman–Crippen LogP) is 2.29. The van der Waals surface area contributed by atoms with Crippen LogP contribution in [0.3, 0.4) is 0 Å². The molecule has 0 saturated carbocycles. The van der Waals surface area contributed by atoms with Crippen LogP contribution in [0, 0.1) is 0 Å². The van der Waals surface area contributed by atoms with Crippen molar-refractivity contribution in [2.45, 2.75) is 0 Å². The first-order valence-corrected chi connectivity index (χ1v) is 4.48. The molecule has 0 radical (unpaired) electrons. The Balaban J connectivity index is 2.77. The number of hydrogen-bond donors (Lipinski definition) is 1. The zero-order valence-electron chi connectivity index (χ0n) is 6.60. The fraction of sp³-hybridized carbons (Fsp3) is 0. The number of benzene rings is 1. The van der Waals surface area contributed by atoms with E-state index in [9.17, 15) is 0 Å². The van der Waals surface area contributed by atoms with Crippen LogP contribution in [-0.4, -0.2) is 6.30 Å². The lowest BCUT2D eigenvalue weighted by Gasteiger charge is -1.97. The SMILES string of the molecule is C=POc1ccc(/C=C/N)cc1. The molecule has 0 amide bonds. The molecule has 0 heterocycles. The van der Waals surface area contributed by atoms with Crippen LogP contribution in [0.2, 0.25) is 0 Å². The third-order valence-electron chi connectivity index (χ3n) is 1.34. The van der Waals surface area contributed by atoms with E-state index in [4.69, 9.17) is 10.3 Å². The van der Waals surface area contributed by atoms with Gasteiger partial charge in [-0.1, -0.05) is 12.1 Å². The fourth-order valence-corrected chi connectivity index (χ4v) is 1.10. The molecular formula is C9H10NOP. The van der Waals surface area contributed by atoms with Crippen LogP contribution in [0.5, 0.6) is 5.75 Å². The van der Waals surface area contributed by atoms with Gasteiger partial charge in [0.1, 0.15) is 14.2 Å². The molecule has 0 aliphatic heterocycles. The van der Waals surface area contributed by atoms with Gasteiger partial charge in [-0.25, -0.2) is 0 Å². The summed E-state index contributed by atoms with van der Waals surface area (Å²) in [6, 6.07) is 7.63. The molecular weight excluding hydrogens is 169 g/mol. The van der Waals surface area contributed by atoms with Crippen LogP contribution < -0.4 is 10.3 Å². The highest BCUT2D eigenvalue weighted by Crippen LogP contribution is 2.15. The van der Waals surface area contributed by atoms with Crippen molar-refractivity contribution in [1.82, 2.24) is 0 Å². The van der Waals surface area contributed by atoms with Crippen molar-refractivity contribution >= 4 is 20.8 Å². The molecule has 1 rings (SSSR count). The Morgan fingerprint density at radius 1 is 1.33 bits per heavy atom. The van der Waals surface area contributed by atoms with Crippen molar-refractivity contribution < 1.29 is 4.52 Å². The van der Waals surface area contributed by atoms with Gasteiger partial charge in [-0.05, 0) is 36.3 Å². The lowest BCUT2D eigenvalue weighted by atomic mass is 10.2. The van der Waals surface area contributed by atoms with Crippen LogP contribution in [-0.2, 0) is 0 Å². The van der Waals surface area contributed by atoms with E-state index in [0.717, 1.165) is 11.3 Å². The summed E-state index contributed by atoms with van der Waals surface area (Å²) in [6.45, 7) is 0. The largest absolute Gasteiger partial charge is 0.440 e. The molecule has 0 bridgehead atoms. The smallest absolute Gasteiger partial charge is 0.131 e. The zero-order valence-corrected chi connectivity index (χ0v) is 7.50. The number of rotatable bonds is 3. The van der Waals surface area contributed by atoms with Crippen LogP contribution in [0.4, 0.5) is 0 Å². The van der Waals surface area contributed by atoms with Crippen LogP contribution >= 0.6 is 8.43 Å². The molecule has 0 atom stereocenters. The topological polar surface area (TPSA) is 35.2 Å². The molecule has 0 unspecified atom stereocenters. The van der Waals surface area contributed by atoms with Crippen molar-refractivity contribution in [3.05, 3.63) is 36.0 Å². The number of hydrogen-bond acceptors (Lipinski definition) is 2. The summed E-state index contributed by atoms with van der Waals surface area (Å²) < 4.78 is 5.14. The summed E-state index contributed by atoms with van der Waals surface area (Å²) in [7, 11) is 0.661. The van der Waals surface area contributed by atoms with E-state index in [1.54, 1.807) is 0 Å². The average molecular weight is 179 g/mol. The van der Waals surface area contributed by atoms with Crippen molar-refractivity contribution in [1.29, 1.82) is 0 Å². The quantitative estimate of drug-likeness (QED) is 0.722. The first-order chi connectivity index (χ1) is 5.86. The second kappa shape index (κ2) is 4.58. The maximum absolute atomic E-state index is 5.23. The van der Waals surface area contributed by atoms with E-state index < -0.39 is 0 Å². The minimum atomic E-state index is 0.661. The van der Waals surface area contributed by atoms with E-state index in [1.807, 2.05) is 30.3 Å². The molecule has 0 aromatic heterocycles. The standard InChI is InChI=1S/C9H10NOP/c1-12-11-9-4-2-8(3-5-9)6-7-10/h2-7H,1,10H2/b7-6+. The van der Waals surface area contributed by atoms with Crippen LogP contribution in [0.15, 0.2) is 30.5 Å². The Hall–Kier alpha value is -1.27. The molecule has 1 aromatic rings. The fourth-order valence-electron chi connectivity index (χ4n) is 0.825. The van der Waals surface area contributed by atoms with Gasteiger partial charge in [-0.2, -0.15) is 0 Å². The van der Waals surface area contributed by atoms with Crippen LogP contribution in [0.25, 0.3) is 6.08 Å². The van der Waals surface area contributed by atoms with E-state index >= 15 is 0 Å². The summed E-state index contributed by atoms with van der Waals surface area (Å²) >= 11 is 0. The Bertz CT molecular complexity index is 279. The summed E-state index contributed by atoms with van der Waals surface area (Å²) in [5, 5.41) is 0. The molecule has 0 saturated heterocycles. The molecule has 3 heteroatoms. The van der Waals surface area contributed by atoms with Gasteiger partial charge in [0, 0.05) is 0 Å². The molecule has 12 heavy (non-hydrogen) atoms. The van der Waals surface area contributed by atoms with Crippen LogP contribution in [0.1, 0.15) is 5.56 Å². The molecule has 0 aliphatic rings.